The third-order valence-electron chi connectivity index (χ3n) is 4.22. The van der Waals surface area contributed by atoms with Crippen molar-refractivity contribution in [2.24, 2.45) is 5.92 Å². The Morgan fingerprint density at radius 2 is 2.36 bits per heavy atom. The number of amides is 1. The second kappa shape index (κ2) is 7.95. The van der Waals surface area contributed by atoms with Gasteiger partial charge in [0.05, 0.1) is 25.3 Å². The summed E-state index contributed by atoms with van der Waals surface area (Å²) in [6.45, 7) is 0. The van der Waals surface area contributed by atoms with Gasteiger partial charge in [0.25, 0.3) is 0 Å². The van der Waals surface area contributed by atoms with Gasteiger partial charge in [-0.1, -0.05) is 12.2 Å². The molecule has 0 unspecified atom stereocenters. The average molecular weight is 353 g/mol. The first kappa shape index (κ1) is 17.2. The first-order valence-corrected chi connectivity index (χ1v) is 9.05. The van der Waals surface area contributed by atoms with Gasteiger partial charge in [-0.15, -0.1) is 11.3 Å². The minimum absolute atomic E-state index is 0.0283. The van der Waals surface area contributed by atoms with Crippen molar-refractivity contribution in [2.45, 2.75) is 25.7 Å². The molecule has 1 aromatic heterocycles. The summed E-state index contributed by atoms with van der Waals surface area (Å²) in [6, 6.07) is 7.81. The molecule has 0 radical (unpaired) electrons. The van der Waals surface area contributed by atoms with E-state index in [9.17, 15) is 4.79 Å². The van der Waals surface area contributed by atoms with E-state index in [0.717, 1.165) is 36.1 Å². The summed E-state index contributed by atoms with van der Waals surface area (Å²) >= 11 is 1.41. The van der Waals surface area contributed by atoms with Gasteiger partial charge in [0.1, 0.15) is 5.75 Å². The van der Waals surface area contributed by atoms with Gasteiger partial charge in [-0.05, 0) is 37.5 Å². The Morgan fingerprint density at radius 3 is 3.08 bits per heavy atom. The summed E-state index contributed by atoms with van der Waals surface area (Å²) in [4.78, 5) is 16.8. The van der Waals surface area contributed by atoms with Gasteiger partial charge in [-0.25, -0.2) is 4.98 Å². The summed E-state index contributed by atoms with van der Waals surface area (Å²) in [5, 5.41) is 14.4. The zero-order valence-electron chi connectivity index (χ0n) is 14.0. The van der Waals surface area contributed by atoms with Crippen LogP contribution in [0.1, 0.15) is 24.8 Å². The molecule has 0 saturated heterocycles. The minimum Gasteiger partial charge on any atom is -0.496 e. The Balaban J connectivity index is 1.75. The predicted octanol–water partition coefficient (Wildman–Crippen LogP) is 4.18. The number of carbonyl (C=O) groups is 1. The summed E-state index contributed by atoms with van der Waals surface area (Å²) in [7, 11) is 1.59. The van der Waals surface area contributed by atoms with Crippen LogP contribution in [0, 0.1) is 17.2 Å². The van der Waals surface area contributed by atoms with Crippen molar-refractivity contribution in [3.63, 3.8) is 0 Å². The van der Waals surface area contributed by atoms with Gasteiger partial charge in [-0.3, -0.25) is 4.79 Å². The van der Waals surface area contributed by atoms with Crippen LogP contribution in [0.5, 0.6) is 5.75 Å². The SMILES string of the molecule is COc1ccc(-c2csc(NC(=O)[C@H]3CC=CCC3)n2)cc1CC#N. The van der Waals surface area contributed by atoms with Crippen molar-refractivity contribution in [1.29, 1.82) is 5.26 Å². The van der Waals surface area contributed by atoms with E-state index in [1.165, 1.54) is 11.3 Å². The average Bonchev–Trinajstić information content (AvgIpc) is 3.11. The fraction of sp³-hybridized carbons (Fsp3) is 0.316. The molecular formula is C19H19N3O2S. The lowest BCUT2D eigenvalue weighted by atomic mass is 9.94. The lowest BCUT2D eigenvalue weighted by Crippen LogP contribution is -2.23. The first-order chi connectivity index (χ1) is 12.2. The maximum Gasteiger partial charge on any atom is 0.229 e. The number of nitrogens with zero attached hydrogens (tertiary/aromatic N) is 2. The van der Waals surface area contributed by atoms with E-state index in [2.05, 4.69) is 28.5 Å². The number of thiazole rings is 1. The number of nitrogens with one attached hydrogen (secondary N) is 1. The fourth-order valence-corrected chi connectivity index (χ4v) is 3.59. The minimum atomic E-state index is 0.0283. The molecule has 1 aromatic carbocycles. The molecule has 1 aliphatic carbocycles. The van der Waals surface area contributed by atoms with E-state index in [-0.39, 0.29) is 18.2 Å². The van der Waals surface area contributed by atoms with E-state index >= 15 is 0 Å². The molecule has 1 atom stereocenters. The number of aromatic nitrogens is 1. The van der Waals surface area contributed by atoms with Crippen molar-refractivity contribution in [1.82, 2.24) is 4.98 Å². The Kier molecular flexibility index (Phi) is 5.46. The van der Waals surface area contributed by atoms with Gasteiger partial charge < -0.3 is 10.1 Å². The first-order valence-electron chi connectivity index (χ1n) is 8.17. The van der Waals surface area contributed by atoms with Crippen LogP contribution < -0.4 is 10.1 Å². The maximum absolute atomic E-state index is 12.3. The zero-order chi connectivity index (χ0) is 17.6. The lowest BCUT2D eigenvalue weighted by molar-refractivity contribution is -0.120. The Morgan fingerprint density at radius 1 is 1.48 bits per heavy atom. The highest BCUT2D eigenvalue weighted by atomic mass is 32.1. The Bertz CT molecular complexity index is 835. The van der Waals surface area contributed by atoms with Crippen LogP contribution in [0.2, 0.25) is 0 Å². The fourth-order valence-electron chi connectivity index (χ4n) is 2.86. The van der Waals surface area contributed by atoms with Crippen LogP contribution >= 0.6 is 11.3 Å². The number of nitriles is 1. The summed E-state index contributed by atoms with van der Waals surface area (Å²) < 4.78 is 5.28. The number of hydrogen-bond acceptors (Lipinski definition) is 5. The third-order valence-corrected chi connectivity index (χ3v) is 4.98. The number of rotatable bonds is 5. The molecular weight excluding hydrogens is 334 g/mol. The molecule has 6 heteroatoms. The number of carbonyl (C=O) groups excluding carboxylic acids is 1. The summed E-state index contributed by atoms with van der Waals surface area (Å²) in [5.74, 6) is 0.755. The highest BCUT2D eigenvalue weighted by Crippen LogP contribution is 2.30. The Labute approximate surface area is 151 Å². The third kappa shape index (κ3) is 4.06. The smallest absolute Gasteiger partial charge is 0.229 e. The molecule has 0 spiro atoms. The number of hydrogen-bond donors (Lipinski definition) is 1. The topological polar surface area (TPSA) is 75.0 Å². The number of ether oxygens (including phenoxy) is 1. The van der Waals surface area contributed by atoms with Crippen molar-refractivity contribution >= 4 is 22.4 Å². The molecule has 1 aliphatic rings. The summed E-state index contributed by atoms with van der Waals surface area (Å²) in [6.07, 6.45) is 7.09. The van der Waals surface area contributed by atoms with Crippen LogP contribution in [-0.2, 0) is 11.2 Å². The van der Waals surface area contributed by atoms with E-state index < -0.39 is 0 Å². The largest absolute Gasteiger partial charge is 0.496 e. The van der Waals surface area contributed by atoms with Gasteiger partial charge >= 0.3 is 0 Å². The molecule has 0 aliphatic heterocycles. The second-order valence-electron chi connectivity index (χ2n) is 5.87. The molecule has 0 saturated carbocycles. The Hall–Kier alpha value is -2.65. The van der Waals surface area contributed by atoms with Crippen molar-refractivity contribution < 1.29 is 9.53 Å². The van der Waals surface area contributed by atoms with E-state index in [1.54, 1.807) is 7.11 Å². The maximum atomic E-state index is 12.3. The van der Waals surface area contributed by atoms with E-state index in [4.69, 9.17) is 10.00 Å². The van der Waals surface area contributed by atoms with Crippen LogP contribution in [0.25, 0.3) is 11.3 Å². The number of anilines is 1. The highest BCUT2D eigenvalue weighted by Gasteiger charge is 2.20. The molecule has 2 aromatic rings. The van der Waals surface area contributed by atoms with Crippen LogP contribution in [0.4, 0.5) is 5.13 Å². The second-order valence-corrected chi connectivity index (χ2v) is 6.73. The highest BCUT2D eigenvalue weighted by molar-refractivity contribution is 7.14. The van der Waals surface area contributed by atoms with Gasteiger partial charge in [0, 0.05) is 22.4 Å². The van der Waals surface area contributed by atoms with Crippen LogP contribution in [0.3, 0.4) is 0 Å². The molecule has 0 bridgehead atoms. The van der Waals surface area contributed by atoms with E-state index in [1.807, 2.05) is 23.6 Å². The number of benzene rings is 1. The number of methoxy groups -OCH3 is 1. The molecule has 1 amide bonds. The van der Waals surface area contributed by atoms with Crippen LogP contribution in [0.15, 0.2) is 35.7 Å². The molecule has 5 nitrogen and oxygen atoms in total. The van der Waals surface area contributed by atoms with Crippen molar-refractivity contribution in [3.05, 3.63) is 41.3 Å². The lowest BCUT2D eigenvalue weighted by Gasteiger charge is -2.15. The van der Waals surface area contributed by atoms with Crippen LogP contribution in [-0.4, -0.2) is 18.0 Å². The number of allylic oxidation sites excluding steroid dienone is 2. The predicted molar refractivity (Wildman–Crippen MR) is 98.5 cm³/mol. The van der Waals surface area contributed by atoms with Gasteiger partial charge in [0.15, 0.2) is 5.13 Å². The zero-order valence-corrected chi connectivity index (χ0v) is 14.8. The van der Waals surface area contributed by atoms with Crippen molar-refractivity contribution in [3.8, 4) is 23.1 Å². The molecule has 128 valence electrons. The van der Waals surface area contributed by atoms with E-state index in [0.29, 0.717) is 10.9 Å². The standard InChI is InChI=1S/C19H19N3O2S/c1-24-17-8-7-14(11-15(17)9-10-20)16-12-25-19(21-16)22-18(23)13-5-3-2-4-6-13/h2-3,7-8,11-13H,4-6,9H2,1H3,(H,21,22,23)/t13-/m0/s1. The van der Waals surface area contributed by atoms with Crippen molar-refractivity contribution in [2.75, 3.05) is 12.4 Å². The molecule has 1 N–H and O–H groups in total. The monoisotopic (exact) mass is 353 g/mol. The quantitative estimate of drug-likeness (QED) is 0.818. The van der Waals surface area contributed by atoms with Gasteiger partial charge in [-0.2, -0.15) is 5.26 Å². The molecule has 1 heterocycles. The summed E-state index contributed by atoms with van der Waals surface area (Å²) in [5.41, 5.74) is 2.52. The molecule has 25 heavy (non-hydrogen) atoms. The normalized spacial score (nSPS) is 16.2. The molecule has 0 fully saturated rings. The van der Waals surface area contributed by atoms with Gasteiger partial charge in [0.2, 0.25) is 5.91 Å². The molecule has 3 rings (SSSR count).